The van der Waals surface area contributed by atoms with Gasteiger partial charge in [0.05, 0.1) is 0 Å². The molecule has 1 aromatic carbocycles. The number of carboxylic acid groups (broad SMARTS) is 1. The second-order valence-corrected chi connectivity index (χ2v) is 6.16. The van der Waals surface area contributed by atoms with Crippen LogP contribution in [0.2, 0.25) is 0 Å². The Kier molecular flexibility index (Phi) is 3.39. The van der Waals surface area contributed by atoms with Crippen LogP contribution in [0.5, 0.6) is 0 Å². The molecule has 3 rings (SSSR count). The van der Waals surface area contributed by atoms with Gasteiger partial charge in [-0.25, -0.2) is 4.79 Å². The molecule has 1 N–H and O–H groups in total. The summed E-state index contributed by atoms with van der Waals surface area (Å²) in [5, 5.41) is 9.06. The summed E-state index contributed by atoms with van der Waals surface area (Å²) in [5.41, 5.74) is 2.65. The van der Waals surface area contributed by atoms with E-state index in [9.17, 15) is 4.79 Å². The van der Waals surface area contributed by atoms with E-state index >= 15 is 0 Å². The molecule has 2 aliphatic heterocycles. The first-order valence-corrected chi connectivity index (χ1v) is 7.47. The third-order valence-electron chi connectivity index (χ3n) is 4.07. The highest BCUT2D eigenvalue weighted by Gasteiger charge is 2.32. The van der Waals surface area contributed by atoms with Crippen LogP contribution in [0.3, 0.4) is 0 Å². The molecular formula is C14H17BrN2O2. The van der Waals surface area contributed by atoms with Crippen molar-refractivity contribution in [1.82, 2.24) is 4.90 Å². The van der Waals surface area contributed by atoms with Gasteiger partial charge in [0.25, 0.3) is 0 Å². The fourth-order valence-electron chi connectivity index (χ4n) is 3.14. The van der Waals surface area contributed by atoms with Gasteiger partial charge in [-0.15, -0.1) is 0 Å². The Morgan fingerprint density at radius 1 is 1.37 bits per heavy atom. The van der Waals surface area contributed by atoms with Gasteiger partial charge < -0.3 is 14.9 Å². The number of aryl methyl sites for hydroxylation is 1. The summed E-state index contributed by atoms with van der Waals surface area (Å²) in [6, 6.07) is 6.74. The maximum Gasteiger partial charge on any atom is 0.407 e. The number of hydrogen-bond acceptors (Lipinski definition) is 2. The lowest BCUT2D eigenvalue weighted by Crippen LogP contribution is -2.41. The maximum atomic E-state index is 11.0. The number of halogens is 1. The minimum absolute atomic E-state index is 0.330. The monoisotopic (exact) mass is 324 g/mol. The number of amides is 1. The fraction of sp³-hybridized carbons (Fsp3) is 0.500. The van der Waals surface area contributed by atoms with Gasteiger partial charge in [0.2, 0.25) is 0 Å². The van der Waals surface area contributed by atoms with Crippen LogP contribution in [0, 0.1) is 0 Å². The number of fused-ring (bicyclic) bond motifs is 1. The Morgan fingerprint density at radius 2 is 2.21 bits per heavy atom. The van der Waals surface area contributed by atoms with Crippen molar-refractivity contribution in [2.24, 2.45) is 0 Å². The molecule has 102 valence electrons. The molecule has 1 atom stereocenters. The zero-order valence-corrected chi connectivity index (χ0v) is 12.3. The third kappa shape index (κ3) is 2.43. The van der Waals surface area contributed by atoms with E-state index in [1.807, 2.05) is 0 Å². The summed E-state index contributed by atoms with van der Waals surface area (Å²) in [7, 11) is 0. The average Bonchev–Trinajstić information content (AvgIpc) is 2.87. The largest absolute Gasteiger partial charge is 0.465 e. The predicted molar refractivity (Wildman–Crippen MR) is 77.8 cm³/mol. The second kappa shape index (κ2) is 5.04. The van der Waals surface area contributed by atoms with Crippen molar-refractivity contribution in [3.05, 3.63) is 28.2 Å². The van der Waals surface area contributed by atoms with Gasteiger partial charge in [-0.05, 0) is 43.0 Å². The van der Waals surface area contributed by atoms with Crippen LogP contribution in [0.4, 0.5) is 10.5 Å². The quantitative estimate of drug-likeness (QED) is 0.863. The highest BCUT2D eigenvalue weighted by Crippen LogP contribution is 2.33. The van der Waals surface area contributed by atoms with Gasteiger partial charge in [-0.3, -0.25) is 0 Å². The molecule has 0 radical (unpaired) electrons. The molecular weight excluding hydrogens is 308 g/mol. The van der Waals surface area contributed by atoms with E-state index in [1.54, 1.807) is 0 Å². The van der Waals surface area contributed by atoms with E-state index in [4.69, 9.17) is 5.11 Å². The lowest BCUT2D eigenvalue weighted by molar-refractivity contribution is 0.155. The summed E-state index contributed by atoms with van der Waals surface area (Å²) in [4.78, 5) is 14.9. The van der Waals surface area contributed by atoms with E-state index in [1.165, 1.54) is 16.2 Å². The minimum Gasteiger partial charge on any atom is -0.465 e. The Balaban J connectivity index is 1.82. The Bertz CT molecular complexity index is 506. The van der Waals surface area contributed by atoms with Crippen molar-refractivity contribution < 1.29 is 9.90 Å². The zero-order chi connectivity index (χ0) is 13.4. The van der Waals surface area contributed by atoms with Gasteiger partial charge in [-0.1, -0.05) is 15.9 Å². The smallest absolute Gasteiger partial charge is 0.407 e. The van der Waals surface area contributed by atoms with E-state index in [0.29, 0.717) is 19.1 Å². The van der Waals surface area contributed by atoms with Gasteiger partial charge in [-0.2, -0.15) is 0 Å². The van der Waals surface area contributed by atoms with Gasteiger partial charge in [0.15, 0.2) is 0 Å². The first-order chi connectivity index (χ1) is 9.15. The minimum atomic E-state index is -0.796. The van der Waals surface area contributed by atoms with Crippen LogP contribution in [-0.4, -0.2) is 41.8 Å². The average molecular weight is 325 g/mol. The molecule has 0 spiro atoms. The molecule has 19 heavy (non-hydrogen) atoms. The second-order valence-electron chi connectivity index (χ2n) is 5.24. The van der Waals surface area contributed by atoms with Gasteiger partial charge in [0, 0.05) is 35.8 Å². The summed E-state index contributed by atoms with van der Waals surface area (Å²) in [6.07, 6.45) is 2.39. The van der Waals surface area contributed by atoms with Crippen molar-refractivity contribution in [3.63, 3.8) is 0 Å². The number of nitrogens with zero attached hydrogens (tertiary/aromatic N) is 2. The third-order valence-corrected chi connectivity index (χ3v) is 4.56. The summed E-state index contributed by atoms with van der Waals surface area (Å²) in [5.74, 6) is 0. The molecule has 0 bridgehead atoms. The van der Waals surface area contributed by atoms with Crippen LogP contribution in [-0.2, 0) is 6.42 Å². The lowest BCUT2D eigenvalue weighted by atomic mass is 10.00. The number of likely N-dealkylation sites (tertiary alicyclic amines) is 1. The van der Waals surface area contributed by atoms with Crippen LogP contribution in [0.15, 0.2) is 22.7 Å². The molecule has 0 saturated carbocycles. The van der Waals surface area contributed by atoms with Crippen molar-refractivity contribution in [2.75, 3.05) is 24.5 Å². The number of carbonyl (C=O) groups is 1. The number of hydrogen-bond donors (Lipinski definition) is 1. The maximum absolute atomic E-state index is 11.0. The Morgan fingerprint density at radius 3 is 2.95 bits per heavy atom. The normalized spacial score (nSPS) is 22.5. The Labute approximate surface area is 121 Å². The van der Waals surface area contributed by atoms with Crippen molar-refractivity contribution in [3.8, 4) is 0 Å². The molecule has 1 fully saturated rings. The molecule has 1 unspecified atom stereocenters. The number of anilines is 1. The first-order valence-electron chi connectivity index (χ1n) is 6.68. The van der Waals surface area contributed by atoms with Crippen molar-refractivity contribution in [1.29, 1.82) is 0 Å². The van der Waals surface area contributed by atoms with Crippen LogP contribution >= 0.6 is 15.9 Å². The van der Waals surface area contributed by atoms with Gasteiger partial charge >= 0.3 is 6.09 Å². The number of rotatable bonds is 1. The summed E-state index contributed by atoms with van der Waals surface area (Å²) < 4.78 is 1.12. The first kappa shape index (κ1) is 12.8. The van der Waals surface area contributed by atoms with Crippen LogP contribution in [0.1, 0.15) is 18.4 Å². The molecule has 2 aliphatic rings. The van der Waals surface area contributed by atoms with Crippen LogP contribution < -0.4 is 4.90 Å². The molecule has 1 saturated heterocycles. The summed E-state index contributed by atoms with van der Waals surface area (Å²) >= 11 is 3.52. The van der Waals surface area contributed by atoms with Crippen molar-refractivity contribution >= 4 is 27.7 Å². The number of benzene rings is 1. The molecule has 1 aromatic rings. The lowest BCUT2D eigenvalue weighted by Gasteiger charge is -2.36. The molecule has 5 heteroatoms. The van der Waals surface area contributed by atoms with Crippen LogP contribution in [0.25, 0.3) is 0 Å². The standard InChI is InChI=1S/C14H17BrN2O2/c15-11-3-4-13-10(8-11)2-1-6-17(13)12-5-7-16(9-12)14(18)19/h3-4,8,12H,1-2,5-7,9H2,(H,18,19). The fourth-order valence-corrected chi connectivity index (χ4v) is 3.55. The van der Waals surface area contributed by atoms with Gasteiger partial charge in [0.1, 0.15) is 0 Å². The molecule has 4 nitrogen and oxygen atoms in total. The van der Waals surface area contributed by atoms with E-state index in [2.05, 4.69) is 39.0 Å². The SMILES string of the molecule is O=C(O)N1CCC(N2CCCc3cc(Br)ccc32)C1. The Hall–Kier alpha value is -1.23. The predicted octanol–water partition coefficient (Wildman–Crippen LogP) is 2.95. The molecule has 2 heterocycles. The van der Waals surface area contributed by atoms with E-state index in [-0.39, 0.29) is 0 Å². The zero-order valence-electron chi connectivity index (χ0n) is 10.7. The molecule has 1 amide bonds. The highest BCUT2D eigenvalue weighted by atomic mass is 79.9. The van der Waals surface area contributed by atoms with Crippen molar-refractivity contribution in [2.45, 2.75) is 25.3 Å². The highest BCUT2D eigenvalue weighted by molar-refractivity contribution is 9.10. The van der Waals surface area contributed by atoms with E-state index in [0.717, 1.165) is 30.3 Å². The summed E-state index contributed by atoms with van der Waals surface area (Å²) in [6.45, 7) is 2.32. The topological polar surface area (TPSA) is 43.8 Å². The molecule has 0 aliphatic carbocycles. The molecule has 0 aromatic heterocycles. The van der Waals surface area contributed by atoms with E-state index < -0.39 is 6.09 Å².